The minimum absolute atomic E-state index is 0.486. The van der Waals surface area contributed by atoms with Crippen LogP contribution in [0.4, 0.5) is 0 Å². The molecule has 2 atom stereocenters. The van der Waals surface area contributed by atoms with Crippen LogP contribution >= 0.6 is 23.2 Å². The molecular formula is C14H15Cl2NO. The van der Waals surface area contributed by atoms with Crippen LogP contribution in [0.5, 0.6) is 0 Å². The van der Waals surface area contributed by atoms with Crippen LogP contribution in [0.15, 0.2) is 30.2 Å². The van der Waals surface area contributed by atoms with Crippen molar-refractivity contribution >= 4 is 23.2 Å². The van der Waals surface area contributed by atoms with E-state index in [0.717, 1.165) is 5.02 Å². The van der Waals surface area contributed by atoms with E-state index in [1.807, 2.05) is 18.4 Å². The maximum Gasteiger partial charge on any atom is 0.160 e. The molecule has 0 spiro atoms. The third kappa shape index (κ3) is 1.98. The lowest BCUT2D eigenvalue weighted by Crippen LogP contribution is -2.44. The van der Waals surface area contributed by atoms with Crippen molar-refractivity contribution in [2.75, 3.05) is 6.73 Å². The van der Waals surface area contributed by atoms with Gasteiger partial charge in [-0.25, -0.2) is 0 Å². The van der Waals surface area contributed by atoms with Crippen molar-refractivity contribution < 1.29 is 4.74 Å². The quantitative estimate of drug-likeness (QED) is 0.798. The molecule has 1 aliphatic heterocycles. The third-order valence-corrected chi connectivity index (χ3v) is 4.48. The summed E-state index contributed by atoms with van der Waals surface area (Å²) in [5, 5.41) is 1.47. The number of benzene rings is 1. The molecular weight excluding hydrogens is 269 g/mol. The molecule has 0 saturated heterocycles. The molecule has 1 fully saturated rings. The van der Waals surface area contributed by atoms with Gasteiger partial charge in [0.15, 0.2) is 6.73 Å². The summed E-state index contributed by atoms with van der Waals surface area (Å²) in [6, 6.07) is 6.30. The predicted molar refractivity (Wildman–Crippen MR) is 73.8 cm³/mol. The Hall–Kier alpha value is -0.860. The first kappa shape index (κ1) is 12.2. The van der Waals surface area contributed by atoms with Crippen LogP contribution in [0, 0.1) is 0 Å². The van der Waals surface area contributed by atoms with Gasteiger partial charge < -0.3 is 9.64 Å². The Morgan fingerprint density at radius 1 is 1.28 bits per heavy atom. The third-order valence-electron chi connectivity index (χ3n) is 3.92. The molecule has 1 aliphatic carbocycles. The van der Waals surface area contributed by atoms with Gasteiger partial charge in [-0.15, -0.1) is 0 Å². The number of rotatable bonds is 2. The fourth-order valence-electron chi connectivity index (χ4n) is 2.79. The van der Waals surface area contributed by atoms with E-state index in [1.54, 1.807) is 0 Å². The molecule has 0 N–H and O–H groups in total. The summed E-state index contributed by atoms with van der Waals surface area (Å²) in [5.41, 5.74) is 2.41. The monoisotopic (exact) mass is 283 g/mol. The van der Waals surface area contributed by atoms with Gasteiger partial charge in [-0.05, 0) is 37.5 Å². The lowest BCUT2D eigenvalue weighted by atomic mass is 9.74. The van der Waals surface area contributed by atoms with Crippen LogP contribution in [0.3, 0.4) is 0 Å². The Morgan fingerprint density at radius 3 is 2.67 bits per heavy atom. The average Bonchev–Trinajstić information content (AvgIpc) is 2.67. The minimum Gasteiger partial charge on any atom is -0.479 e. The molecule has 1 heterocycles. The molecule has 96 valence electrons. The second-order valence-corrected chi connectivity index (χ2v) is 5.79. The Balaban J connectivity index is 1.83. The molecule has 2 nitrogen and oxygen atoms in total. The molecule has 3 rings (SSSR count). The SMILES string of the molecule is CC1=COCN1[C@H]1CC[C@H]1c1ccc(Cl)cc1Cl. The number of ether oxygens (including phenoxy) is 1. The summed E-state index contributed by atoms with van der Waals surface area (Å²) in [5.74, 6) is 0.486. The zero-order valence-electron chi connectivity index (χ0n) is 10.2. The minimum atomic E-state index is 0.486. The van der Waals surface area contributed by atoms with Gasteiger partial charge in [0.2, 0.25) is 0 Å². The summed E-state index contributed by atoms with van der Waals surface area (Å²) < 4.78 is 5.37. The number of hydrogen-bond acceptors (Lipinski definition) is 2. The van der Waals surface area contributed by atoms with Gasteiger partial charge in [0.05, 0.1) is 0 Å². The van der Waals surface area contributed by atoms with Crippen molar-refractivity contribution in [2.24, 2.45) is 0 Å². The fourth-order valence-corrected chi connectivity index (χ4v) is 3.33. The van der Waals surface area contributed by atoms with Crippen molar-refractivity contribution in [2.45, 2.75) is 31.7 Å². The molecule has 1 aromatic carbocycles. The number of hydrogen-bond donors (Lipinski definition) is 0. The topological polar surface area (TPSA) is 12.5 Å². The highest BCUT2D eigenvalue weighted by molar-refractivity contribution is 6.35. The first-order valence-electron chi connectivity index (χ1n) is 6.17. The standard InChI is InChI=1S/C14H15Cl2NO/c1-9-7-18-8-17(9)14-5-4-12(14)11-3-2-10(15)6-13(11)16/h2-3,6-7,12,14H,4-5,8H2,1H3/t12-,14-/m0/s1. The summed E-state index contributed by atoms with van der Waals surface area (Å²) in [6.45, 7) is 2.75. The van der Waals surface area contributed by atoms with E-state index in [2.05, 4.69) is 17.9 Å². The van der Waals surface area contributed by atoms with Crippen LogP contribution in [-0.4, -0.2) is 17.7 Å². The van der Waals surface area contributed by atoms with Gasteiger partial charge in [0.1, 0.15) is 6.26 Å². The normalized spacial score (nSPS) is 26.6. The van der Waals surface area contributed by atoms with Crippen LogP contribution in [-0.2, 0) is 4.74 Å². The first-order chi connectivity index (χ1) is 8.66. The zero-order chi connectivity index (χ0) is 12.7. The van der Waals surface area contributed by atoms with Gasteiger partial charge >= 0.3 is 0 Å². The molecule has 1 aromatic rings. The highest BCUT2D eigenvalue weighted by Gasteiger charge is 2.39. The Morgan fingerprint density at radius 2 is 2.11 bits per heavy atom. The second kappa shape index (κ2) is 4.67. The van der Waals surface area contributed by atoms with Gasteiger partial charge in [-0.3, -0.25) is 0 Å². The number of nitrogens with zero attached hydrogens (tertiary/aromatic N) is 1. The molecule has 0 bridgehead atoms. The first-order valence-corrected chi connectivity index (χ1v) is 6.92. The fraction of sp³-hybridized carbons (Fsp3) is 0.429. The number of halogens is 2. The number of allylic oxidation sites excluding steroid dienone is 1. The Labute approximate surface area is 117 Å². The van der Waals surface area contributed by atoms with E-state index < -0.39 is 0 Å². The van der Waals surface area contributed by atoms with E-state index >= 15 is 0 Å². The predicted octanol–water partition coefficient (Wildman–Crippen LogP) is 4.39. The summed E-state index contributed by atoms with van der Waals surface area (Å²) in [7, 11) is 0. The van der Waals surface area contributed by atoms with Crippen molar-refractivity contribution in [1.82, 2.24) is 4.90 Å². The zero-order valence-corrected chi connectivity index (χ0v) is 11.7. The molecule has 4 heteroatoms. The van der Waals surface area contributed by atoms with E-state index in [1.165, 1.54) is 24.1 Å². The highest BCUT2D eigenvalue weighted by atomic mass is 35.5. The smallest absolute Gasteiger partial charge is 0.160 e. The van der Waals surface area contributed by atoms with Gasteiger partial charge in [-0.1, -0.05) is 29.3 Å². The lowest BCUT2D eigenvalue weighted by Gasteiger charge is -2.44. The summed E-state index contributed by atoms with van der Waals surface area (Å²) in [4.78, 5) is 2.32. The van der Waals surface area contributed by atoms with Crippen molar-refractivity contribution in [3.8, 4) is 0 Å². The van der Waals surface area contributed by atoms with Gasteiger partial charge in [0.25, 0.3) is 0 Å². The second-order valence-electron chi connectivity index (χ2n) is 4.94. The van der Waals surface area contributed by atoms with Crippen LogP contribution < -0.4 is 0 Å². The summed E-state index contributed by atoms with van der Waals surface area (Å²) in [6.07, 6.45) is 4.20. The van der Waals surface area contributed by atoms with Gasteiger partial charge in [-0.2, -0.15) is 0 Å². The van der Waals surface area contributed by atoms with E-state index in [4.69, 9.17) is 27.9 Å². The summed E-state index contributed by atoms with van der Waals surface area (Å²) >= 11 is 12.2. The largest absolute Gasteiger partial charge is 0.479 e. The molecule has 0 amide bonds. The van der Waals surface area contributed by atoms with Crippen molar-refractivity contribution in [3.63, 3.8) is 0 Å². The van der Waals surface area contributed by atoms with Crippen molar-refractivity contribution in [3.05, 3.63) is 45.8 Å². The molecule has 2 aliphatic rings. The Bertz CT molecular complexity index is 501. The Kier molecular flexibility index (Phi) is 3.16. The molecule has 0 unspecified atom stereocenters. The van der Waals surface area contributed by atoms with Crippen LogP contribution in [0.2, 0.25) is 10.0 Å². The van der Waals surface area contributed by atoms with E-state index in [-0.39, 0.29) is 0 Å². The van der Waals surface area contributed by atoms with Crippen LogP contribution in [0.25, 0.3) is 0 Å². The molecule has 18 heavy (non-hydrogen) atoms. The molecule has 0 aromatic heterocycles. The maximum absolute atomic E-state index is 6.30. The van der Waals surface area contributed by atoms with Crippen LogP contribution in [0.1, 0.15) is 31.2 Å². The van der Waals surface area contributed by atoms with E-state index in [0.29, 0.717) is 23.7 Å². The van der Waals surface area contributed by atoms with Crippen molar-refractivity contribution in [1.29, 1.82) is 0 Å². The molecule has 1 saturated carbocycles. The maximum atomic E-state index is 6.30. The highest BCUT2D eigenvalue weighted by Crippen LogP contribution is 2.45. The average molecular weight is 284 g/mol. The van der Waals surface area contributed by atoms with E-state index in [9.17, 15) is 0 Å². The lowest BCUT2D eigenvalue weighted by molar-refractivity contribution is 0.0751. The van der Waals surface area contributed by atoms with Gasteiger partial charge in [0, 0.05) is 27.7 Å². The molecule has 0 radical (unpaired) electrons.